The Morgan fingerprint density at radius 1 is 1.45 bits per heavy atom. The lowest BCUT2D eigenvalue weighted by Crippen LogP contribution is -2.18. The molecule has 0 fully saturated rings. The molecule has 1 heterocycles. The Morgan fingerprint density at radius 3 is 2.75 bits per heavy atom. The molecule has 110 valence electrons. The summed E-state index contributed by atoms with van der Waals surface area (Å²) in [5, 5.41) is 14.8. The van der Waals surface area contributed by atoms with Crippen LogP contribution in [0.15, 0.2) is 18.2 Å². The zero-order valence-corrected chi connectivity index (χ0v) is 12.0. The molecule has 0 aliphatic carbocycles. The fourth-order valence-corrected chi connectivity index (χ4v) is 2.67. The third-order valence-corrected chi connectivity index (χ3v) is 3.84. The van der Waals surface area contributed by atoms with Crippen molar-refractivity contribution < 1.29 is 13.5 Å². The number of aryl methyl sites for hydroxylation is 1. The van der Waals surface area contributed by atoms with Gasteiger partial charge in [-0.15, -0.1) is 0 Å². The summed E-state index contributed by atoms with van der Waals surface area (Å²) in [5.41, 5.74) is 7.78. The average Bonchev–Trinajstić information content (AvgIpc) is 2.66. The highest BCUT2D eigenvalue weighted by Crippen LogP contribution is 2.23. The number of aliphatic hydroxyl groups excluding tert-OH is 1. The summed E-state index contributed by atoms with van der Waals surface area (Å²) >= 11 is 0. The Balaban J connectivity index is 2.36. The van der Waals surface area contributed by atoms with Crippen molar-refractivity contribution in [1.29, 1.82) is 0 Å². The lowest BCUT2D eigenvalue weighted by atomic mass is 10.3. The molecule has 1 aromatic heterocycles. The molecule has 0 radical (unpaired) electrons. The Kier molecular flexibility index (Phi) is 3.98. The van der Waals surface area contributed by atoms with E-state index in [1.807, 2.05) is 0 Å². The normalized spacial score (nSPS) is 13.8. The van der Waals surface area contributed by atoms with Crippen LogP contribution in [-0.2, 0) is 16.6 Å². The molecule has 2 aromatic rings. The summed E-state index contributed by atoms with van der Waals surface area (Å²) in [6, 6.07) is 5.27. The first-order valence-corrected chi connectivity index (χ1v) is 7.93. The fraction of sp³-hybridized carbons (Fsp3) is 0.417. The fourth-order valence-electron chi connectivity index (χ4n) is 2.14. The third kappa shape index (κ3) is 3.27. The van der Waals surface area contributed by atoms with Crippen LogP contribution in [0.4, 0.5) is 5.69 Å². The number of hydrogen-bond acceptors (Lipinski definition) is 5. The average molecular weight is 298 g/mol. The second-order valence-electron chi connectivity index (χ2n) is 4.77. The topological polar surface area (TPSA) is 124 Å². The van der Waals surface area contributed by atoms with Crippen molar-refractivity contribution in [2.24, 2.45) is 5.14 Å². The maximum Gasteiger partial charge on any atom is 0.209 e. The Hall–Kier alpha value is -1.64. The molecule has 0 spiro atoms. The predicted molar refractivity (Wildman–Crippen MR) is 77.4 cm³/mol. The first kappa shape index (κ1) is 14.8. The summed E-state index contributed by atoms with van der Waals surface area (Å²) in [7, 11) is -3.49. The van der Waals surface area contributed by atoms with E-state index in [0.717, 1.165) is 5.52 Å². The SMILES string of the molecule is CC(O)c1nc2cc(N)ccc2n1CCCS(N)(=O)=O. The van der Waals surface area contributed by atoms with Crippen LogP contribution in [0.5, 0.6) is 0 Å². The summed E-state index contributed by atoms with van der Waals surface area (Å²) in [6.45, 7) is 2.03. The van der Waals surface area contributed by atoms with Gasteiger partial charge in [0.2, 0.25) is 10.0 Å². The molecule has 0 aliphatic rings. The first-order chi connectivity index (χ1) is 9.28. The smallest absolute Gasteiger partial charge is 0.209 e. The first-order valence-electron chi connectivity index (χ1n) is 6.22. The summed E-state index contributed by atoms with van der Waals surface area (Å²) in [6.07, 6.45) is -0.396. The van der Waals surface area contributed by atoms with Gasteiger partial charge in [-0.3, -0.25) is 0 Å². The number of sulfonamides is 1. The minimum absolute atomic E-state index is 0.110. The molecule has 1 aromatic carbocycles. The highest BCUT2D eigenvalue weighted by Gasteiger charge is 2.15. The number of aliphatic hydroxyl groups is 1. The Morgan fingerprint density at radius 2 is 2.15 bits per heavy atom. The van der Waals surface area contributed by atoms with Crippen molar-refractivity contribution in [3.63, 3.8) is 0 Å². The third-order valence-electron chi connectivity index (χ3n) is 2.99. The largest absolute Gasteiger partial charge is 0.399 e. The number of benzene rings is 1. The number of rotatable bonds is 5. The number of hydrogen-bond donors (Lipinski definition) is 3. The summed E-state index contributed by atoms with van der Waals surface area (Å²) < 4.78 is 23.7. The van der Waals surface area contributed by atoms with Gasteiger partial charge in [-0.1, -0.05) is 0 Å². The van der Waals surface area contributed by atoms with Crippen LogP contribution in [0, 0.1) is 0 Å². The van der Waals surface area contributed by atoms with Crippen LogP contribution < -0.4 is 10.9 Å². The number of aromatic nitrogens is 2. The second-order valence-corrected chi connectivity index (χ2v) is 6.50. The Labute approximate surface area is 117 Å². The van der Waals surface area contributed by atoms with Gasteiger partial charge in [-0.05, 0) is 31.5 Å². The van der Waals surface area contributed by atoms with Gasteiger partial charge in [0.05, 0.1) is 16.8 Å². The molecule has 0 aliphatic heterocycles. The molecule has 0 amide bonds. The maximum absolute atomic E-state index is 11.0. The van der Waals surface area contributed by atoms with E-state index < -0.39 is 16.1 Å². The van der Waals surface area contributed by atoms with E-state index in [9.17, 15) is 13.5 Å². The van der Waals surface area contributed by atoms with E-state index in [1.54, 1.807) is 29.7 Å². The zero-order chi connectivity index (χ0) is 14.9. The van der Waals surface area contributed by atoms with E-state index in [4.69, 9.17) is 10.9 Å². The van der Waals surface area contributed by atoms with Gasteiger partial charge < -0.3 is 15.4 Å². The summed E-state index contributed by atoms with van der Waals surface area (Å²) in [4.78, 5) is 4.34. The van der Waals surface area contributed by atoms with Crippen LogP contribution in [-0.4, -0.2) is 28.8 Å². The van der Waals surface area contributed by atoms with Crippen LogP contribution in [0.1, 0.15) is 25.3 Å². The van der Waals surface area contributed by atoms with Crippen molar-refractivity contribution in [1.82, 2.24) is 9.55 Å². The highest BCUT2D eigenvalue weighted by molar-refractivity contribution is 7.89. The molecule has 1 unspecified atom stereocenters. The molecular formula is C12H18N4O3S. The molecule has 0 saturated heterocycles. The van der Waals surface area contributed by atoms with E-state index in [-0.39, 0.29) is 5.75 Å². The van der Waals surface area contributed by atoms with E-state index in [2.05, 4.69) is 4.98 Å². The highest BCUT2D eigenvalue weighted by atomic mass is 32.2. The number of nitrogens with two attached hydrogens (primary N) is 2. The lowest BCUT2D eigenvalue weighted by Gasteiger charge is -2.10. The molecule has 8 heteroatoms. The quantitative estimate of drug-likeness (QED) is 0.687. The van der Waals surface area contributed by atoms with E-state index in [0.29, 0.717) is 30.0 Å². The van der Waals surface area contributed by atoms with Crippen LogP contribution in [0.2, 0.25) is 0 Å². The molecule has 7 nitrogen and oxygen atoms in total. The number of nitrogens with zero attached hydrogens (tertiary/aromatic N) is 2. The van der Waals surface area contributed by atoms with E-state index in [1.165, 1.54) is 0 Å². The monoisotopic (exact) mass is 298 g/mol. The maximum atomic E-state index is 11.0. The van der Waals surface area contributed by atoms with Crippen molar-refractivity contribution >= 4 is 26.7 Å². The molecular weight excluding hydrogens is 280 g/mol. The van der Waals surface area contributed by atoms with Crippen molar-refractivity contribution in [3.8, 4) is 0 Å². The number of fused-ring (bicyclic) bond motifs is 1. The molecule has 1 atom stereocenters. The Bertz CT molecular complexity index is 722. The van der Waals surface area contributed by atoms with Crippen molar-refractivity contribution in [2.75, 3.05) is 11.5 Å². The van der Waals surface area contributed by atoms with Gasteiger partial charge in [0, 0.05) is 12.2 Å². The zero-order valence-electron chi connectivity index (χ0n) is 11.2. The number of anilines is 1. The van der Waals surface area contributed by atoms with E-state index >= 15 is 0 Å². The molecule has 20 heavy (non-hydrogen) atoms. The van der Waals surface area contributed by atoms with Gasteiger partial charge in [0.1, 0.15) is 11.9 Å². The molecule has 0 bridgehead atoms. The minimum Gasteiger partial charge on any atom is -0.399 e. The van der Waals surface area contributed by atoms with Crippen molar-refractivity contribution in [3.05, 3.63) is 24.0 Å². The number of imidazole rings is 1. The molecule has 2 rings (SSSR count). The van der Waals surface area contributed by atoms with Crippen LogP contribution in [0.25, 0.3) is 11.0 Å². The van der Waals surface area contributed by atoms with Gasteiger partial charge >= 0.3 is 0 Å². The number of primary sulfonamides is 1. The van der Waals surface area contributed by atoms with Gasteiger partial charge in [0.15, 0.2) is 0 Å². The molecule has 0 saturated carbocycles. The minimum atomic E-state index is -3.49. The van der Waals surface area contributed by atoms with Crippen LogP contribution >= 0.6 is 0 Å². The van der Waals surface area contributed by atoms with Gasteiger partial charge in [-0.25, -0.2) is 18.5 Å². The van der Waals surface area contributed by atoms with Crippen molar-refractivity contribution in [2.45, 2.75) is 26.0 Å². The predicted octanol–water partition coefficient (Wildman–Crippen LogP) is 0.350. The number of nitrogen functional groups attached to an aromatic ring is 1. The molecule has 5 N–H and O–H groups in total. The second kappa shape index (κ2) is 5.39. The van der Waals surface area contributed by atoms with Gasteiger partial charge in [0.25, 0.3) is 0 Å². The lowest BCUT2D eigenvalue weighted by molar-refractivity contribution is 0.184. The van der Waals surface area contributed by atoms with Crippen LogP contribution in [0.3, 0.4) is 0 Å². The van der Waals surface area contributed by atoms with Gasteiger partial charge in [-0.2, -0.15) is 0 Å². The summed E-state index contributed by atoms with van der Waals surface area (Å²) in [5.74, 6) is 0.376. The standard InChI is InChI=1S/C12H18N4O3S/c1-8(17)12-15-10-7-9(13)3-4-11(10)16(12)5-2-6-20(14,18)19/h3-4,7-8,17H,2,5-6,13H2,1H3,(H2,14,18,19).